The lowest BCUT2D eigenvalue weighted by Crippen LogP contribution is -2.38. The summed E-state index contributed by atoms with van der Waals surface area (Å²) in [6, 6.07) is 1.78. The van der Waals surface area contributed by atoms with Crippen LogP contribution in [0.3, 0.4) is 0 Å². The third kappa shape index (κ3) is 2.09. The van der Waals surface area contributed by atoms with E-state index in [0.717, 1.165) is 57.3 Å². The number of nitrogens with zero attached hydrogens (tertiary/aromatic N) is 3. The number of rotatable bonds is 1. The molecule has 0 bridgehead atoms. The molecule has 1 aromatic heterocycles. The van der Waals surface area contributed by atoms with Gasteiger partial charge in [0, 0.05) is 32.1 Å². The Labute approximate surface area is 107 Å². The number of hydrogen-bond donors (Lipinski definition) is 0. The van der Waals surface area contributed by atoms with Gasteiger partial charge in [-0.25, -0.2) is 4.68 Å². The SMILES string of the molecule is CC1CCN(C(=O)c2cc3n(n2)CCCO3)CC1. The van der Waals surface area contributed by atoms with Gasteiger partial charge in [-0.05, 0) is 18.8 Å². The largest absolute Gasteiger partial charge is 0.478 e. The molecule has 2 aliphatic heterocycles. The molecule has 0 spiro atoms. The third-order valence-electron chi connectivity index (χ3n) is 3.80. The van der Waals surface area contributed by atoms with E-state index in [0.29, 0.717) is 5.69 Å². The van der Waals surface area contributed by atoms with E-state index in [2.05, 4.69) is 12.0 Å². The highest BCUT2D eigenvalue weighted by molar-refractivity contribution is 5.92. The van der Waals surface area contributed by atoms with Crippen LogP contribution in [0.25, 0.3) is 0 Å². The second-order valence-electron chi connectivity index (χ2n) is 5.27. The van der Waals surface area contributed by atoms with E-state index in [4.69, 9.17) is 4.74 Å². The summed E-state index contributed by atoms with van der Waals surface area (Å²) in [5.74, 6) is 1.51. The van der Waals surface area contributed by atoms with Gasteiger partial charge in [-0.1, -0.05) is 6.92 Å². The van der Waals surface area contributed by atoms with E-state index in [9.17, 15) is 4.79 Å². The van der Waals surface area contributed by atoms with Crippen molar-refractivity contribution in [1.82, 2.24) is 14.7 Å². The molecule has 0 atom stereocenters. The van der Waals surface area contributed by atoms with Crippen LogP contribution in [0, 0.1) is 5.92 Å². The van der Waals surface area contributed by atoms with Crippen molar-refractivity contribution in [1.29, 1.82) is 0 Å². The summed E-state index contributed by atoms with van der Waals surface area (Å²) in [7, 11) is 0. The van der Waals surface area contributed by atoms with Crippen LogP contribution in [-0.2, 0) is 6.54 Å². The Morgan fingerprint density at radius 1 is 1.39 bits per heavy atom. The minimum Gasteiger partial charge on any atom is -0.478 e. The Bertz CT molecular complexity index is 424. The van der Waals surface area contributed by atoms with Crippen LogP contribution in [0.2, 0.25) is 0 Å². The van der Waals surface area contributed by atoms with E-state index >= 15 is 0 Å². The highest BCUT2D eigenvalue weighted by atomic mass is 16.5. The van der Waals surface area contributed by atoms with Gasteiger partial charge in [-0.15, -0.1) is 0 Å². The molecular weight excluding hydrogens is 230 g/mol. The first-order chi connectivity index (χ1) is 8.74. The van der Waals surface area contributed by atoms with Crippen molar-refractivity contribution in [2.24, 2.45) is 5.92 Å². The van der Waals surface area contributed by atoms with Crippen molar-refractivity contribution < 1.29 is 9.53 Å². The van der Waals surface area contributed by atoms with Gasteiger partial charge in [-0.2, -0.15) is 5.10 Å². The molecule has 5 heteroatoms. The molecule has 1 amide bonds. The molecule has 5 nitrogen and oxygen atoms in total. The summed E-state index contributed by atoms with van der Waals surface area (Å²) in [6.45, 7) is 5.51. The van der Waals surface area contributed by atoms with Crippen molar-refractivity contribution in [2.75, 3.05) is 19.7 Å². The highest BCUT2D eigenvalue weighted by Crippen LogP contribution is 2.22. The monoisotopic (exact) mass is 249 g/mol. The average Bonchev–Trinajstić information content (AvgIpc) is 2.82. The fourth-order valence-corrected chi connectivity index (χ4v) is 2.55. The van der Waals surface area contributed by atoms with Crippen molar-refractivity contribution >= 4 is 5.91 Å². The number of amides is 1. The molecule has 3 rings (SSSR count). The molecule has 0 N–H and O–H groups in total. The summed E-state index contributed by atoms with van der Waals surface area (Å²) in [5, 5.41) is 4.35. The van der Waals surface area contributed by atoms with Crippen molar-refractivity contribution in [3.63, 3.8) is 0 Å². The number of likely N-dealkylation sites (tertiary alicyclic amines) is 1. The van der Waals surface area contributed by atoms with Crippen LogP contribution in [-0.4, -0.2) is 40.3 Å². The van der Waals surface area contributed by atoms with Crippen LogP contribution in [0.5, 0.6) is 5.88 Å². The zero-order valence-electron chi connectivity index (χ0n) is 10.8. The van der Waals surface area contributed by atoms with Gasteiger partial charge >= 0.3 is 0 Å². The molecule has 0 radical (unpaired) electrons. The zero-order valence-corrected chi connectivity index (χ0v) is 10.8. The smallest absolute Gasteiger partial charge is 0.274 e. The summed E-state index contributed by atoms with van der Waals surface area (Å²) in [4.78, 5) is 14.2. The van der Waals surface area contributed by atoms with Crippen LogP contribution < -0.4 is 4.74 Å². The zero-order chi connectivity index (χ0) is 12.5. The molecule has 1 aromatic rings. The lowest BCUT2D eigenvalue weighted by atomic mass is 9.99. The quantitative estimate of drug-likeness (QED) is 0.758. The van der Waals surface area contributed by atoms with E-state index in [1.54, 1.807) is 10.7 Å². The Hall–Kier alpha value is -1.52. The van der Waals surface area contributed by atoms with Crippen molar-refractivity contribution in [2.45, 2.75) is 32.7 Å². The lowest BCUT2D eigenvalue weighted by Gasteiger charge is -2.29. The predicted octanol–water partition coefficient (Wildman–Crippen LogP) is 1.54. The molecule has 0 unspecified atom stereocenters. The van der Waals surface area contributed by atoms with Gasteiger partial charge in [0.2, 0.25) is 5.88 Å². The third-order valence-corrected chi connectivity index (χ3v) is 3.80. The number of piperidine rings is 1. The minimum absolute atomic E-state index is 0.0485. The Morgan fingerprint density at radius 2 is 2.17 bits per heavy atom. The Kier molecular flexibility index (Phi) is 2.97. The first-order valence-corrected chi connectivity index (χ1v) is 6.74. The van der Waals surface area contributed by atoms with Crippen molar-refractivity contribution in [3.8, 4) is 5.88 Å². The predicted molar refractivity (Wildman–Crippen MR) is 66.6 cm³/mol. The van der Waals surface area contributed by atoms with Gasteiger partial charge in [0.25, 0.3) is 5.91 Å². The number of carbonyl (C=O) groups excluding carboxylic acids is 1. The highest BCUT2D eigenvalue weighted by Gasteiger charge is 2.25. The average molecular weight is 249 g/mol. The maximum absolute atomic E-state index is 12.3. The van der Waals surface area contributed by atoms with E-state index in [1.165, 1.54) is 0 Å². The molecule has 98 valence electrons. The first-order valence-electron chi connectivity index (χ1n) is 6.74. The van der Waals surface area contributed by atoms with Gasteiger partial charge < -0.3 is 9.64 Å². The van der Waals surface area contributed by atoms with Crippen LogP contribution in [0.1, 0.15) is 36.7 Å². The molecule has 1 fully saturated rings. The van der Waals surface area contributed by atoms with E-state index in [-0.39, 0.29) is 5.91 Å². The summed E-state index contributed by atoms with van der Waals surface area (Å²) in [6.07, 6.45) is 3.15. The molecule has 3 heterocycles. The first kappa shape index (κ1) is 11.6. The molecule has 0 aromatic carbocycles. The van der Waals surface area contributed by atoms with Crippen LogP contribution in [0.15, 0.2) is 6.07 Å². The number of hydrogen-bond acceptors (Lipinski definition) is 3. The number of carbonyl (C=O) groups is 1. The summed E-state index contributed by atoms with van der Waals surface area (Å²) in [5.41, 5.74) is 0.529. The van der Waals surface area contributed by atoms with Crippen LogP contribution in [0.4, 0.5) is 0 Å². The molecule has 18 heavy (non-hydrogen) atoms. The summed E-state index contributed by atoms with van der Waals surface area (Å²) >= 11 is 0. The lowest BCUT2D eigenvalue weighted by molar-refractivity contribution is 0.0690. The van der Waals surface area contributed by atoms with Crippen molar-refractivity contribution in [3.05, 3.63) is 11.8 Å². The van der Waals surface area contributed by atoms with Gasteiger partial charge in [-0.3, -0.25) is 4.79 Å². The van der Waals surface area contributed by atoms with E-state index < -0.39 is 0 Å². The number of ether oxygens (including phenoxy) is 1. The van der Waals surface area contributed by atoms with Gasteiger partial charge in [0.15, 0.2) is 5.69 Å². The fraction of sp³-hybridized carbons (Fsp3) is 0.692. The number of aryl methyl sites for hydroxylation is 1. The molecule has 0 saturated carbocycles. The Morgan fingerprint density at radius 3 is 2.89 bits per heavy atom. The minimum atomic E-state index is 0.0485. The van der Waals surface area contributed by atoms with Crippen LogP contribution >= 0.6 is 0 Å². The molecule has 1 saturated heterocycles. The molecular formula is C13H19N3O2. The topological polar surface area (TPSA) is 47.4 Å². The molecule has 2 aliphatic rings. The summed E-state index contributed by atoms with van der Waals surface area (Å²) < 4.78 is 7.28. The maximum Gasteiger partial charge on any atom is 0.274 e. The standard InChI is InChI=1S/C13H19N3O2/c1-10-3-6-15(7-4-10)13(17)11-9-12-16(14-11)5-2-8-18-12/h9-10H,2-8H2,1H3. The molecule has 0 aliphatic carbocycles. The number of fused-ring (bicyclic) bond motifs is 1. The number of aromatic nitrogens is 2. The normalized spacial score (nSPS) is 20.4. The Balaban J connectivity index is 1.74. The van der Waals surface area contributed by atoms with E-state index in [1.807, 2.05) is 4.90 Å². The van der Waals surface area contributed by atoms with Gasteiger partial charge in [0.1, 0.15) is 0 Å². The second kappa shape index (κ2) is 4.63. The maximum atomic E-state index is 12.3. The fourth-order valence-electron chi connectivity index (χ4n) is 2.55. The second-order valence-corrected chi connectivity index (χ2v) is 5.27. The van der Waals surface area contributed by atoms with Gasteiger partial charge in [0.05, 0.1) is 6.61 Å².